The molecule has 0 saturated carbocycles. The summed E-state index contributed by atoms with van der Waals surface area (Å²) in [5, 5.41) is 8.73. The number of benzene rings is 1. The Bertz CT molecular complexity index is 502. The first-order chi connectivity index (χ1) is 7.20. The molecule has 0 bridgehead atoms. The number of rotatable bonds is 3. The van der Waals surface area contributed by atoms with Gasteiger partial charge in [-0.15, -0.1) is 0 Å². The van der Waals surface area contributed by atoms with E-state index in [0.717, 1.165) is 5.52 Å². The molecule has 15 heavy (non-hydrogen) atoms. The molecule has 0 atom stereocenters. The van der Waals surface area contributed by atoms with Crippen LogP contribution in [0.2, 0.25) is 0 Å². The lowest BCUT2D eigenvalue weighted by Gasteiger charge is -1.96. The highest BCUT2D eigenvalue weighted by Crippen LogP contribution is 2.20. The standard InChI is InChI=1S/C11H11NO3/c1-2-9-12-8-5-3-4-7(6-10(13)14)11(8)15-9/h3-5H,2,6H2,1H3,(H,13,14). The molecule has 2 aromatic rings. The van der Waals surface area contributed by atoms with Crippen LogP contribution < -0.4 is 0 Å². The van der Waals surface area contributed by atoms with Gasteiger partial charge < -0.3 is 9.52 Å². The Balaban J connectivity index is 2.54. The molecule has 4 heteroatoms. The fourth-order valence-electron chi connectivity index (χ4n) is 1.51. The van der Waals surface area contributed by atoms with Crippen molar-refractivity contribution >= 4 is 17.1 Å². The van der Waals surface area contributed by atoms with Crippen LogP contribution in [0.3, 0.4) is 0 Å². The van der Waals surface area contributed by atoms with Crippen LogP contribution in [-0.2, 0) is 17.6 Å². The van der Waals surface area contributed by atoms with E-state index in [0.29, 0.717) is 23.5 Å². The number of oxazole rings is 1. The molecule has 0 fully saturated rings. The minimum atomic E-state index is -0.864. The van der Waals surface area contributed by atoms with Crippen molar-refractivity contribution in [2.24, 2.45) is 0 Å². The third kappa shape index (κ3) is 1.83. The quantitative estimate of drug-likeness (QED) is 0.832. The molecule has 2 rings (SSSR count). The van der Waals surface area contributed by atoms with Crippen LogP contribution in [0.4, 0.5) is 0 Å². The number of para-hydroxylation sites is 1. The van der Waals surface area contributed by atoms with Crippen molar-refractivity contribution in [1.29, 1.82) is 0 Å². The minimum absolute atomic E-state index is 0.0321. The molecule has 4 nitrogen and oxygen atoms in total. The minimum Gasteiger partial charge on any atom is -0.481 e. The zero-order valence-electron chi connectivity index (χ0n) is 8.36. The lowest BCUT2D eigenvalue weighted by atomic mass is 10.1. The summed E-state index contributed by atoms with van der Waals surface area (Å²) >= 11 is 0. The number of hydrogen-bond acceptors (Lipinski definition) is 3. The van der Waals surface area contributed by atoms with Gasteiger partial charge in [-0.05, 0) is 6.07 Å². The van der Waals surface area contributed by atoms with Crippen molar-refractivity contribution < 1.29 is 14.3 Å². The highest BCUT2D eigenvalue weighted by atomic mass is 16.4. The zero-order chi connectivity index (χ0) is 10.8. The van der Waals surface area contributed by atoms with E-state index in [9.17, 15) is 4.79 Å². The van der Waals surface area contributed by atoms with Gasteiger partial charge in [0.1, 0.15) is 5.52 Å². The summed E-state index contributed by atoms with van der Waals surface area (Å²) in [5.41, 5.74) is 1.99. The number of aryl methyl sites for hydroxylation is 1. The molecule has 0 radical (unpaired) electrons. The molecule has 1 aromatic heterocycles. The van der Waals surface area contributed by atoms with Crippen molar-refractivity contribution in [3.8, 4) is 0 Å². The fourth-order valence-corrected chi connectivity index (χ4v) is 1.51. The highest BCUT2D eigenvalue weighted by molar-refractivity contribution is 5.81. The van der Waals surface area contributed by atoms with E-state index in [-0.39, 0.29) is 6.42 Å². The molecule has 0 unspecified atom stereocenters. The Morgan fingerprint density at radius 3 is 3.00 bits per heavy atom. The summed E-state index contributed by atoms with van der Waals surface area (Å²) in [6.45, 7) is 1.95. The SMILES string of the molecule is CCc1nc2cccc(CC(=O)O)c2o1. The first kappa shape index (κ1) is 9.71. The molecule has 1 aromatic carbocycles. The maximum atomic E-state index is 10.6. The van der Waals surface area contributed by atoms with Gasteiger partial charge in [0.2, 0.25) is 0 Å². The average molecular weight is 205 g/mol. The van der Waals surface area contributed by atoms with Crippen molar-refractivity contribution in [2.45, 2.75) is 19.8 Å². The number of carboxylic acids is 1. The lowest BCUT2D eigenvalue weighted by Crippen LogP contribution is -1.99. The number of carboxylic acid groups (broad SMARTS) is 1. The van der Waals surface area contributed by atoms with Crippen molar-refractivity contribution in [3.05, 3.63) is 29.7 Å². The van der Waals surface area contributed by atoms with Gasteiger partial charge >= 0.3 is 5.97 Å². The number of fused-ring (bicyclic) bond motifs is 1. The Morgan fingerprint density at radius 1 is 1.53 bits per heavy atom. The molecule has 1 N–H and O–H groups in total. The summed E-state index contributed by atoms with van der Waals surface area (Å²) in [5.74, 6) is -0.222. The van der Waals surface area contributed by atoms with E-state index >= 15 is 0 Å². The average Bonchev–Trinajstić information content (AvgIpc) is 2.61. The van der Waals surface area contributed by atoms with Crippen molar-refractivity contribution in [1.82, 2.24) is 4.98 Å². The fraction of sp³-hybridized carbons (Fsp3) is 0.273. The van der Waals surface area contributed by atoms with Gasteiger partial charge in [0, 0.05) is 12.0 Å². The van der Waals surface area contributed by atoms with Gasteiger partial charge in [-0.2, -0.15) is 0 Å². The Labute approximate surface area is 86.5 Å². The molecule has 0 aliphatic heterocycles. The largest absolute Gasteiger partial charge is 0.481 e. The van der Waals surface area contributed by atoms with Crippen molar-refractivity contribution in [2.75, 3.05) is 0 Å². The number of nitrogens with zero attached hydrogens (tertiary/aromatic N) is 1. The molecule has 0 aliphatic carbocycles. The van der Waals surface area contributed by atoms with Crippen LogP contribution in [0.1, 0.15) is 18.4 Å². The van der Waals surface area contributed by atoms with Crippen LogP contribution in [0, 0.1) is 0 Å². The van der Waals surface area contributed by atoms with Crippen LogP contribution >= 0.6 is 0 Å². The van der Waals surface area contributed by atoms with Gasteiger partial charge in [-0.3, -0.25) is 4.79 Å². The second-order valence-electron chi connectivity index (χ2n) is 3.30. The molecule has 0 saturated heterocycles. The maximum Gasteiger partial charge on any atom is 0.307 e. The first-order valence-corrected chi connectivity index (χ1v) is 4.79. The van der Waals surface area contributed by atoms with Gasteiger partial charge in [0.15, 0.2) is 11.5 Å². The van der Waals surface area contributed by atoms with E-state index < -0.39 is 5.97 Å². The summed E-state index contributed by atoms with van der Waals surface area (Å²) in [4.78, 5) is 14.9. The molecule has 78 valence electrons. The molecule has 0 spiro atoms. The number of aliphatic carboxylic acids is 1. The van der Waals surface area contributed by atoms with E-state index in [1.54, 1.807) is 12.1 Å². The summed E-state index contributed by atoms with van der Waals surface area (Å²) in [7, 11) is 0. The summed E-state index contributed by atoms with van der Waals surface area (Å²) in [6, 6.07) is 5.37. The third-order valence-corrected chi connectivity index (χ3v) is 2.18. The Hall–Kier alpha value is -1.84. The summed E-state index contributed by atoms with van der Waals surface area (Å²) in [6.07, 6.45) is 0.677. The monoisotopic (exact) mass is 205 g/mol. The normalized spacial score (nSPS) is 10.7. The number of carbonyl (C=O) groups is 1. The van der Waals surface area contributed by atoms with Gasteiger partial charge in [-0.25, -0.2) is 4.98 Å². The van der Waals surface area contributed by atoms with Gasteiger partial charge in [-0.1, -0.05) is 19.1 Å². The van der Waals surface area contributed by atoms with E-state index in [2.05, 4.69) is 4.98 Å². The predicted molar refractivity (Wildman–Crippen MR) is 54.7 cm³/mol. The van der Waals surface area contributed by atoms with Gasteiger partial charge in [0.25, 0.3) is 0 Å². The molecule has 0 aliphatic rings. The number of hydrogen-bond donors (Lipinski definition) is 1. The van der Waals surface area contributed by atoms with Crippen LogP contribution in [0.15, 0.2) is 22.6 Å². The summed E-state index contributed by atoms with van der Waals surface area (Å²) < 4.78 is 5.47. The van der Waals surface area contributed by atoms with E-state index in [1.165, 1.54) is 0 Å². The Kier molecular flexibility index (Phi) is 2.41. The number of aromatic nitrogens is 1. The molecule has 0 amide bonds. The van der Waals surface area contributed by atoms with E-state index in [1.807, 2.05) is 13.0 Å². The maximum absolute atomic E-state index is 10.6. The van der Waals surface area contributed by atoms with E-state index in [4.69, 9.17) is 9.52 Å². The van der Waals surface area contributed by atoms with Crippen LogP contribution in [-0.4, -0.2) is 16.1 Å². The third-order valence-electron chi connectivity index (χ3n) is 2.18. The highest BCUT2D eigenvalue weighted by Gasteiger charge is 2.10. The first-order valence-electron chi connectivity index (χ1n) is 4.79. The lowest BCUT2D eigenvalue weighted by molar-refractivity contribution is -0.136. The van der Waals surface area contributed by atoms with Crippen molar-refractivity contribution in [3.63, 3.8) is 0 Å². The van der Waals surface area contributed by atoms with Crippen LogP contribution in [0.25, 0.3) is 11.1 Å². The smallest absolute Gasteiger partial charge is 0.307 e. The van der Waals surface area contributed by atoms with Gasteiger partial charge in [0.05, 0.1) is 6.42 Å². The second-order valence-corrected chi connectivity index (χ2v) is 3.30. The predicted octanol–water partition coefficient (Wildman–Crippen LogP) is 2.02. The second kappa shape index (κ2) is 3.73. The Morgan fingerprint density at radius 2 is 2.33 bits per heavy atom. The molecular weight excluding hydrogens is 194 g/mol. The zero-order valence-corrected chi connectivity index (χ0v) is 8.36. The molecule has 1 heterocycles. The van der Waals surface area contributed by atoms with Crippen LogP contribution in [0.5, 0.6) is 0 Å². The molecular formula is C11H11NO3. The topological polar surface area (TPSA) is 63.3 Å².